The predicted molar refractivity (Wildman–Crippen MR) is 83.1 cm³/mol. The van der Waals surface area contributed by atoms with E-state index >= 15 is 0 Å². The van der Waals surface area contributed by atoms with Crippen molar-refractivity contribution in [2.45, 2.75) is 18.9 Å². The standard InChI is InChI=1S/C15H18N4O4/c20-14-6-5-13(16-14)15(21)18-9-7-17(8-10-18)11-1-3-12(4-2-11)19(22)23/h1-4,13H,5-10H2,(H,16,20). The summed E-state index contributed by atoms with van der Waals surface area (Å²) >= 11 is 0. The average molecular weight is 318 g/mol. The van der Waals surface area contributed by atoms with E-state index < -0.39 is 4.92 Å². The van der Waals surface area contributed by atoms with Crippen molar-refractivity contribution in [2.75, 3.05) is 31.1 Å². The normalized spacial score (nSPS) is 21.2. The maximum atomic E-state index is 12.3. The van der Waals surface area contributed by atoms with Gasteiger partial charge in [0.25, 0.3) is 5.69 Å². The van der Waals surface area contributed by atoms with Crippen LogP contribution in [-0.2, 0) is 9.59 Å². The van der Waals surface area contributed by atoms with Crippen molar-refractivity contribution < 1.29 is 14.5 Å². The van der Waals surface area contributed by atoms with Crippen LogP contribution in [0, 0.1) is 10.1 Å². The SMILES string of the molecule is O=C1CCC(C(=O)N2CCN(c3ccc([N+](=O)[O-])cc3)CC2)N1. The summed E-state index contributed by atoms with van der Waals surface area (Å²) in [5.74, 6) is -0.0768. The van der Waals surface area contributed by atoms with Gasteiger partial charge in [-0.2, -0.15) is 0 Å². The van der Waals surface area contributed by atoms with Gasteiger partial charge in [0, 0.05) is 50.4 Å². The van der Waals surface area contributed by atoms with Gasteiger partial charge in [0.05, 0.1) is 4.92 Å². The number of nitrogens with one attached hydrogen (secondary N) is 1. The lowest BCUT2D eigenvalue weighted by atomic mass is 10.1. The quantitative estimate of drug-likeness (QED) is 0.647. The lowest BCUT2D eigenvalue weighted by molar-refractivity contribution is -0.384. The molecule has 1 aromatic rings. The molecule has 2 fully saturated rings. The van der Waals surface area contributed by atoms with E-state index in [0.717, 1.165) is 5.69 Å². The summed E-state index contributed by atoms with van der Waals surface area (Å²) in [6, 6.07) is 6.05. The molecular weight excluding hydrogens is 300 g/mol. The van der Waals surface area contributed by atoms with Gasteiger partial charge in [-0.3, -0.25) is 19.7 Å². The first-order valence-electron chi connectivity index (χ1n) is 7.62. The van der Waals surface area contributed by atoms with Crippen molar-refractivity contribution in [3.63, 3.8) is 0 Å². The Morgan fingerprint density at radius 3 is 2.35 bits per heavy atom. The molecule has 8 nitrogen and oxygen atoms in total. The molecule has 1 atom stereocenters. The van der Waals surface area contributed by atoms with Crippen molar-refractivity contribution in [3.8, 4) is 0 Å². The number of anilines is 1. The van der Waals surface area contributed by atoms with Crippen molar-refractivity contribution >= 4 is 23.2 Å². The number of benzene rings is 1. The zero-order chi connectivity index (χ0) is 16.4. The number of nitro groups is 1. The first-order chi connectivity index (χ1) is 11.0. The summed E-state index contributed by atoms with van der Waals surface area (Å²) in [5.41, 5.74) is 0.983. The number of carbonyl (C=O) groups excluding carboxylic acids is 2. The molecule has 1 unspecified atom stereocenters. The van der Waals surface area contributed by atoms with Crippen molar-refractivity contribution in [1.82, 2.24) is 10.2 Å². The molecule has 0 aromatic heterocycles. The Kier molecular flexibility index (Phi) is 4.14. The molecule has 0 bridgehead atoms. The van der Waals surface area contributed by atoms with Crippen LogP contribution in [-0.4, -0.2) is 53.9 Å². The average Bonchev–Trinajstić information content (AvgIpc) is 3.01. The van der Waals surface area contributed by atoms with Gasteiger partial charge in [0.1, 0.15) is 6.04 Å². The Morgan fingerprint density at radius 2 is 1.83 bits per heavy atom. The highest BCUT2D eigenvalue weighted by atomic mass is 16.6. The Hall–Kier alpha value is -2.64. The van der Waals surface area contributed by atoms with E-state index in [9.17, 15) is 19.7 Å². The van der Waals surface area contributed by atoms with E-state index in [1.165, 1.54) is 12.1 Å². The van der Waals surface area contributed by atoms with Crippen LogP contribution in [0.1, 0.15) is 12.8 Å². The molecule has 0 spiro atoms. The number of hydrogen-bond acceptors (Lipinski definition) is 5. The van der Waals surface area contributed by atoms with Gasteiger partial charge in [0.15, 0.2) is 0 Å². The zero-order valence-corrected chi connectivity index (χ0v) is 12.6. The molecule has 2 heterocycles. The summed E-state index contributed by atoms with van der Waals surface area (Å²) in [6.07, 6.45) is 0.986. The second-order valence-electron chi connectivity index (χ2n) is 5.74. The number of rotatable bonds is 3. The lowest BCUT2D eigenvalue weighted by Gasteiger charge is -2.37. The maximum absolute atomic E-state index is 12.3. The zero-order valence-electron chi connectivity index (χ0n) is 12.6. The monoisotopic (exact) mass is 318 g/mol. The van der Waals surface area contributed by atoms with Crippen LogP contribution in [0.2, 0.25) is 0 Å². The third-order valence-electron chi connectivity index (χ3n) is 4.31. The van der Waals surface area contributed by atoms with Crippen LogP contribution >= 0.6 is 0 Å². The number of hydrogen-bond donors (Lipinski definition) is 1. The fourth-order valence-corrected chi connectivity index (χ4v) is 2.99. The Labute approximate surface area is 133 Å². The molecule has 2 aliphatic heterocycles. The summed E-state index contributed by atoms with van der Waals surface area (Å²) in [4.78, 5) is 37.7. The Morgan fingerprint density at radius 1 is 1.17 bits per heavy atom. The van der Waals surface area contributed by atoms with Gasteiger partial charge in [-0.25, -0.2) is 0 Å². The maximum Gasteiger partial charge on any atom is 0.269 e. The molecule has 1 N–H and O–H groups in total. The van der Waals surface area contributed by atoms with Crippen molar-refractivity contribution in [2.24, 2.45) is 0 Å². The molecule has 2 saturated heterocycles. The minimum Gasteiger partial charge on any atom is -0.368 e. The van der Waals surface area contributed by atoms with Gasteiger partial charge in [0.2, 0.25) is 11.8 Å². The molecule has 23 heavy (non-hydrogen) atoms. The van der Waals surface area contributed by atoms with Crippen LogP contribution < -0.4 is 10.2 Å². The molecule has 1 aromatic carbocycles. The van der Waals surface area contributed by atoms with Gasteiger partial charge >= 0.3 is 0 Å². The lowest BCUT2D eigenvalue weighted by Crippen LogP contribution is -2.53. The molecule has 122 valence electrons. The third-order valence-corrected chi connectivity index (χ3v) is 4.31. The number of amides is 2. The first kappa shape index (κ1) is 15.3. The number of piperazine rings is 1. The molecule has 8 heteroatoms. The van der Waals surface area contributed by atoms with Crippen LogP contribution in [0.4, 0.5) is 11.4 Å². The first-order valence-corrected chi connectivity index (χ1v) is 7.62. The summed E-state index contributed by atoms with van der Waals surface area (Å²) in [7, 11) is 0. The second kappa shape index (κ2) is 6.23. The summed E-state index contributed by atoms with van der Waals surface area (Å²) in [6.45, 7) is 2.51. The minimum absolute atomic E-state index is 0.0146. The van der Waals surface area contributed by atoms with Gasteiger partial charge in [-0.05, 0) is 18.6 Å². The molecule has 0 radical (unpaired) electrons. The molecule has 3 rings (SSSR count). The van der Waals surface area contributed by atoms with E-state index in [1.54, 1.807) is 17.0 Å². The molecule has 0 saturated carbocycles. The highest BCUT2D eigenvalue weighted by molar-refractivity contribution is 5.90. The van der Waals surface area contributed by atoms with E-state index in [-0.39, 0.29) is 23.5 Å². The molecule has 2 aliphatic rings. The van der Waals surface area contributed by atoms with E-state index in [4.69, 9.17) is 0 Å². The fraction of sp³-hybridized carbons (Fsp3) is 0.467. The van der Waals surface area contributed by atoms with Crippen LogP contribution in [0.5, 0.6) is 0 Å². The van der Waals surface area contributed by atoms with Gasteiger partial charge in [-0.1, -0.05) is 0 Å². The number of non-ortho nitro benzene ring substituents is 1. The highest BCUT2D eigenvalue weighted by Crippen LogP contribution is 2.21. The van der Waals surface area contributed by atoms with Crippen LogP contribution in [0.25, 0.3) is 0 Å². The Bertz CT molecular complexity index is 623. The smallest absolute Gasteiger partial charge is 0.269 e. The van der Waals surface area contributed by atoms with Gasteiger partial charge in [-0.15, -0.1) is 0 Å². The van der Waals surface area contributed by atoms with Crippen LogP contribution in [0.15, 0.2) is 24.3 Å². The largest absolute Gasteiger partial charge is 0.368 e. The molecule has 2 amide bonds. The van der Waals surface area contributed by atoms with Crippen LogP contribution in [0.3, 0.4) is 0 Å². The Balaban J connectivity index is 1.56. The topological polar surface area (TPSA) is 95.8 Å². The van der Waals surface area contributed by atoms with Crippen molar-refractivity contribution in [3.05, 3.63) is 34.4 Å². The number of nitro benzene ring substituents is 1. The third kappa shape index (κ3) is 3.25. The highest BCUT2D eigenvalue weighted by Gasteiger charge is 2.32. The summed E-state index contributed by atoms with van der Waals surface area (Å²) < 4.78 is 0. The fourth-order valence-electron chi connectivity index (χ4n) is 2.99. The van der Waals surface area contributed by atoms with E-state index in [2.05, 4.69) is 10.2 Å². The van der Waals surface area contributed by atoms with Gasteiger partial charge < -0.3 is 15.1 Å². The molecule has 0 aliphatic carbocycles. The number of nitrogens with zero attached hydrogens (tertiary/aromatic N) is 3. The van der Waals surface area contributed by atoms with Crippen molar-refractivity contribution in [1.29, 1.82) is 0 Å². The second-order valence-corrected chi connectivity index (χ2v) is 5.74. The summed E-state index contributed by atoms with van der Waals surface area (Å²) in [5, 5.41) is 13.4. The molecular formula is C15H18N4O4. The minimum atomic E-state index is -0.420. The van der Waals surface area contributed by atoms with E-state index in [1.807, 2.05) is 0 Å². The van der Waals surface area contributed by atoms with E-state index in [0.29, 0.717) is 39.0 Å². The predicted octanol–water partition coefficient (Wildman–Crippen LogP) is 0.522. The number of carbonyl (C=O) groups is 2.